The molecule has 2 rings (SSSR count). The van der Waals surface area contributed by atoms with Crippen LogP contribution in [0.2, 0.25) is 0 Å². The molecule has 0 saturated heterocycles. The minimum absolute atomic E-state index is 0.0922. The van der Waals surface area contributed by atoms with Crippen LogP contribution in [0.15, 0.2) is 35.7 Å². The fourth-order valence-electron chi connectivity index (χ4n) is 1.55. The molecule has 16 heavy (non-hydrogen) atoms. The van der Waals surface area contributed by atoms with Crippen LogP contribution in [0, 0.1) is 0 Å². The summed E-state index contributed by atoms with van der Waals surface area (Å²) in [7, 11) is 0. The molecule has 0 saturated carbocycles. The molecule has 1 aromatic carbocycles. The average molecular weight is 232 g/mol. The van der Waals surface area contributed by atoms with Crippen molar-refractivity contribution in [2.75, 3.05) is 0 Å². The molecule has 0 aliphatic heterocycles. The van der Waals surface area contributed by atoms with Crippen LogP contribution >= 0.6 is 11.3 Å². The highest BCUT2D eigenvalue weighted by Crippen LogP contribution is 2.20. The average Bonchev–Trinajstić information content (AvgIpc) is 2.78. The number of benzene rings is 1. The normalized spacial score (nSPS) is 12.6. The molecule has 1 unspecified atom stereocenters. The van der Waals surface area contributed by atoms with E-state index in [1.165, 1.54) is 5.56 Å². The van der Waals surface area contributed by atoms with E-state index in [-0.39, 0.29) is 6.04 Å². The molecular formula is C13H16N2S. The van der Waals surface area contributed by atoms with E-state index in [9.17, 15) is 0 Å². The third kappa shape index (κ3) is 2.68. The highest BCUT2D eigenvalue weighted by atomic mass is 32.1. The SMILES string of the molecule is CCC(N)c1nc(Cc2ccccc2)cs1. The highest BCUT2D eigenvalue weighted by Gasteiger charge is 2.08. The van der Waals surface area contributed by atoms with Crippen molar-refractivity contribution in [2.24, 2.45) is 5.73 Å². The molecule has 2 nitrogen and oxygen atoms in total. The summed E-state index contributed by atoms with van der Waals surface area (Å²) < 4.78 is 0. The van der Waals surface area contributed by atoms with Crippen LogP contribution in [0.5, 0.6) is 0 Å². The lowest BCUT2D eigenvalue weighted by Crippen LogP contribution is -2.08. The van der Waals surface area contributed by atoms with Gasteiger partial charge in [0.25, 0.3) is 0 Å². The summed E-state index contributed by atoms with van der Waals surface area (Å²) in [5, 5.41) is 3.16. The molecule has 1 atom stereocenters. The van der Waals surface area contributed by atoms with E-state index in [1.807, 2.05) is 6.07 Å². The Hall–Kier alpha value is -1.19. The van der Waals surface area contributed by atoms with Gasteiger partial charge in [0.1, 0.15) is 5.01 Å². The van der Waals surface area contributed by atoms with Crippen LogP contribution < -0.4 is 5.73 Å². The lowest BCUT2D eigenvalue weighted by Gasteiger charge is -2.02. The van der Waals surface area contributed by atoms with Crippen molar-refractivity contribution in [1.82, 2.24) is 4.98 Å². The van der Waals surface area contributed by atoms with Crippen LogP contribution in [-0.2, 0) is 6.42 Å². The van der Waals surface area contributed by atoms with Crippen molar-refractivity contribution >= 4 is 11.3 Å². The van der Waals surface area contributed by atoms with Crippen LogP contribution in [0.25, 0.3) is 0 Å². The minimum Gasteiger partial charge on any atom is -0.322 e. The largest absolute Gasteiger partial charge is 0.322 e. The topological polar surface area (TPSA) is 38.9 Å². The molecule has 2 aromatic rings. The van der Waals surface area contributed by atoms with Gasteiger partial charge in [0.2, 0.25) is 0 Å². The summed E-state index contributed by atoms with van der Waals surface area (Å²) in [5.74, 6) is 0. The Morgan fingerprint density at radius 3 is 2.75 bits per heavy atom. The van der Waals surface area contributed by atoms with E-state index >= 15 is 0 Å². The first-order valence-corrected chi connectivity index (χ1v) is 6.41. The monoisotopic (exact) mass is 232 g/mol. The molecule has 2 N–H and O–H groups in total. The lowest BCUT2D eigenvalue weighted by molar-refractivity contribution is 0.690. The van der Waals surface area contributed by atoms with Crippen LogP contribution in [-0.4, -0.2) is 4.98 Å². The summed E-state index contributed by atoms with van der Waals surface area (Å²) in [4.78, 5) is 4.57. The van der Waals surface area contributed by atoms with Gasteiger partial charge in [0.05, 0.1) is 11.7 Å². The first-order chi connectivity index (χ1) is 7.79. The van der Waals surface area contributed by atoms with Crippen molar-refractivity contribution in [3.05, 3.63) is 52.0 Å². The zero-order chi connectivity index (χ0) is 11.4. The molecule has 0 radical (unpaired) electrons. The highest BCUT2D eigenvalue weighted by molar-refractivity contribution is 7.09. The smallest absolute Gasteiger partial charge is 0.110 e. The Bertz CT molecular complexity index is 436. The number of thiazole rings is 1. The summed E-state index contributed by atoms with van der Waals surface area (Å²) in [6.45, 7) is 2.09. The van der Waals surface area contributed by atoms with Crippen molar-refractivity contribution in [1.29, 1.82) is 0 Å². The summed E-state index contributed by atoms with van der Waals surface area (Å²) in [5.41, 5.74) is 8.37. The molecule has 1 aromatic heterocycles. The Morgan fingerprint density at radius 1 is 1.31 bits per heavy atom. The standard InChI is InChI=1S/C13H16N2S/c1-2-12(14)13-15-11(9-16-13)8-10-6-4-3-5-7-10/h3-7,9,12H,2,8,14H2,1H3. The third-order valence-electron chi connectivity index (χ3n) is 2.55. The van der Waals surface area contributed by atoms with E-state index in [0.29, 0.717) is 0 Å². The van der Waals surface area contributed by atoms with Crippen molar-refractivity contribution in [3.8, 4) is 0 Å². The van der Waals surface area contributed by atoms with E-state index in [0.717, 1.165) is 23.5 Å². The van der Waals surface area contributed by atoms with E-state index in [4.69, 9.17) is 5.73 Å². The molecule has 0 amide bonds. The number of hydrogen-bond donors (Lipinski definition) is 1. The first-order valence-electron chi connectivity index (χ1n) is 5.53. The molecule has 0 aliphatic rings. The third-order valence-corrected chi connectivity index (χ3v) is 3.58. The van der Waals surface area contributed by atoms with Crippen molar-refractivity contribution < 1.29 is 0 Å². The summed E-state index contributed by atoms with van der Waals surface area (Å²) >= 11 is 1.67. The van der Waals surface area contributed by atoms with Gasteiger partial charge in [-0.25, -0.2) is 4.98 Å². The fourth-order valence-corrected chi connectivity index (χ4v) is 2.46. The van der Waals surface area contributed by atoms with E-state index in [2.05, 4.69) is 41.6 Å². The van der Waals surface area contributed by atoms with Crippen LogP contribution in [0.3, 0.4) is 0 Å². The zero-order valence-corrected chi connectivity index (χ0v) is 10.2. The van der Waals surface area contributed by atoms with E-state index < -0.39 is 0 Å². The minimum atomic E-state index is 0.0922. The maximum atomic E-state index is 5.95. The van der Waals surface area contributed by atoms with Gasteiger partial charge in [0, 0.05) is 11.8 Å². The number of hydrogen-bond acceptors (Lipinski definition) is 3. The second-order valence-electron chi connectivity index (χ2n) is 3.85. The predicted molar refractivity (Wildman–Crippen MR) is 68.6 cm³/mol. The number of nitrogens with zero attached hydrogens (tertiary/aromatic N) is 1. The Labute approximate surface area is 100 Å². The summed E-state index contributed by atoms with van der Waals surface area (Å²) in [6.07, 6.45) is 1.84. The Balaban J connectivity index is 2.09. The Kier molecular flexibility index (Phi) is 3.70. The van der Waals surface area contributed by atoms with Crippen LogP contribution in [0.1, 0.15) is 35.7 Å². The molecule has 84 valence electrons. The predicted octanol–water partition coefficient (Wildman–Crippen LogP) is 3.14. The Morgan fingerprint density at radius 2 is 2.06 bits per heavy atom. The van der Waals surface area contributed by atoms with Gasteiger partial charge in [-0.1, -0.05) is 37.3 Å². The zero-order valence-electron chi connectivity index (χ0n) is 9.39. The number of nitrogens with two attached hydrogens (primary N) is 1. The molecule has 0 spiro atoms. The van der Waals surface area contributed by atoms with Gasteiger partial charge in [-0.2, -0.15) is 0 Å². The van der Waals surface area contributed by atoms with Gasteiger partial charge in [-0.3, -0.25) is 0 Å². The molecule has 0 aliphatic carbocycles. The fraction of sp³-hybridized carbons (Fsp3) is 0.308. The second kappa shape index (κ2) is 5.23. The van der Waals surface area contributed by atoms with Crippen LogP contribution in [0.4, 0.5) is 0 Å². The quantitative estimate of drug-likeness (QED) is 0.879. The summed E-state index contributed by atoms with van der Waals surface area (Å²) in [6, 6.07) is 10.5. The van der Waals surface area contributed by atoms with Gasteiger partial charge < -0.3 is 5.73 Å². The number of aromatic nitrogens is 1. The van der Waals surface area contributed by atoms with Gasteiger partial charge >= 0.3 is 0 Å². The second-order valence-corrected chi connectivity index (χ2v) is 4.74. The van der Waals surface area contributed by atoms with Gasteiger partial charge in [0.15, 0.2) is 0 Å². The molecule has 3 heteroatoms. The van der Waals surface area contributed by atoms with Gasteiger partial charge in [-0.05, 0) is 12.0 Å². The van der Waals surface area contributed by atoms with Gasteiger partial charge in [-0.15, -0.1) is 11.3 Å². The first kappa shape index (κ1) is 11.3. The lowest BCUT2D eigenvalue weighted by atomic mass is 10.1. The molecule has 0 fully saturated rings. The molecule has 1 heterocycles. The van der Waals surface area contributed by atoms with E-state index in [1.54, 1.807) is 11.3 Å². The maximum Gasteiger partial charge on any atom is 0.110 e. The van der Waals surface area contributed by atoms with Crippen molar-refractivity contribution in [2.45, 2.75) is 25.8 Å². The number of rotatable bonds is 4. The van der Waals surface area contributed by atoms with Crippen molar-refractivity contribution in [3.63, 3.8) is 0 Å². The molecular weight excluding hydrogens is 216 g/mol. The maximum absolute atomic E-state index is 5.95. The molecule has 0 bridgehead atoms.